The molecule has 0 spiro atoms. The maximum absolute atomic E-state index is 12.0. The number of ether oxygens (including phenoxy) is 1. The Balaban J connectivity index is 1.56. The van der Waals surface area contributed by atoms with Gasteiger partial charge in [-0.15, -0.1) is 0 Å². The molecule has 2 aliphatic rings. The van der Waals surface area contributed by atoms with Gasteiger partial charge in [-0.2, -0.15) is 0 Å². The second kappa shape index (κ2) is 4.98. The molecular weight excluding hydrogens is 228 g/mol. The Morgan fingerprint density at radius 3 is 3.00 bits per heavy atom. The third-order valence-electron chi connectivity index (χ3n) is 3.76. The molecule has 0 unspecified atom stereocenters. The van der Waals surface area contributed by atoms with Crippen molar-refractivity contribution >= 4 is 6.09 Å². The Kier molecular flexibility index (Phi) is 3.19. The summed E-state index contributed by atoms with van der Waals surface area (Å²) in [6.07, 6.45) is 1.94. The molecule has 2 bridgehead atoms. The van der Waals surface area contributed by atoms with E-state index in [0.29, 0.717) is 18.7 Å². The zero-order valence-corrected chi connectivity index (χ0v) is 10.3. The van der Waals surface area contributed by atoms with Gasteiger partial charge in [0.1, 0.15) is 6.61 Å². The molecular formula is C14H18N2O2. The lowest BCUT2D eigenvalue weighted by molar-refractivity contribution is 0.0920. The van der Waals surface area contributed by atoms with Crippen LogP contribution in [0.3, 0.4) is 0 Å². The summed E-state index contributed by atoms with van der Waals surface area (Å²) in [4.78, 5) is 13.9. The van der Waals surface area contributed by atoms with Crippen LogP contribution in [-0.2, 0) is 11.3 Å². The Bertz CT molecular complexity index is 421. The molecule has 96 valence electrons. The fourth-order valence-corrected chi connectivity index (χ4v) is 2.82. The van der Waals surface area contributed by atoms with Gasteiger partial charge in [0.2, 0.25) is 0 Å². The zero-order chi connectivity index (χ0) is 12.4. The molecule has 2 fully saturated rings. The van der Waals surface area contributed by atoms with Crippen molar-refractivity contribution in [3.8, 4) is 0 Å². The van der Waals surface area contributed by atoms with Crippen LogP contribution < -0.4 is 5.32 Å². The molecule has 1 aromatic carbocycles. The summed E-state index contributed by atoms with van der Waals surface area (Å²) in [5.41, 5.74) is 1.03. The molecule has 2 aliphatic heterocycles. The van der Waals surface area contributed by atoms with Crippen LogP contribution in [0.1, 0.15) is 18.4 Å². The van der Waals surface area contributed by atoms with E-state index in [1.54, 1.807) is 0 Å². The predicted molar refractivity (Wildman–Crippen MR) is 68.1 cm³/mol. The molecule has 0 aromatic heterocycles. The standard InChI is InChI=1S/C14H18N2O2/c17-14(18-10-11-4-2-1-3-5-11)16-9-12-8-13(16)6-7-15-12/h1-5,12-13,15H,6-10H2/t12-,13-/m1/s1. The van der Waals surface area contributed by atoms with Gasteiger partial charge in [0.15, 0.2) is 0 Å². The summed E-state index contributed by atoms with van der Waals surface area (Å²) in [6.45, 7) is 2.16. The van der Waals surface area contributed by atoms with Gasteiger partial charge in [-0.25, -0.2) is 4.79 Å². The number of nitrogens with one attached hydrogen (secondary N) is 1. The molecule has 4 heteroatoms. The molecule has 1 N–H and O–H groups in total. The van der Waals surface area contributed by atoms with Crippen LogP contribution in [0.25, 0.3) is 0 Å². The number of nitrogens with zero attached hydrogens (tertiary/aromatic N) is 1. The fraction of sp³-hybridized carbons (Fsp3) is 0.500. The van der Waals surface area contributed by atoms with E-state index < -0.39 is 0 Å². The predicted octanol–water partition coefficient (Wildman–Crippen LogP) is 1.76. The van der Waals surface area contributed by atoms with Crippen LogP contribution in [-0.4, -0.2) is 36.2 Å². The van der Waals surface area contributed by atoms with Crippen molar-refractivity contribution in [1.29, 1.82) is 0 Å². The first-order valence-corrected chi connectivity index (χ1v) is 6.53. The number of amides is 1. The van der Waals surface area contributed by atoms with E-state index in [4.69, 9.17) is 4.74 Å². The number of hydrogen-bond donors (Lipinski definition) is 1. The third kappa shape index (κ3) is 2.34. The van der Waals surface area contributed by atoms with Crippen molar-refractivity contribution in [1.82, 2.24) is 10.2 Å². The van der Waals surface area contributed by atoms with Crippen LogP contribution in [0, 0.1) is 0 Å². The van der Waals surface area contributed by atoms with Crippen LogP contribution >= 0.6 is 0 Å². The second-order valence-corrected chi connectivity index (χ2v) is 5.02. The third-order valence-corrected chi connectivity index (χ3v) is 3.76. The van der Waals surface area contributed by atoms with E-state index in [1.807, 2.05) is 35.2 Å². The van der Waals surface area contributed by atoms with Gasteiger partial charge in [0.05, 0.1) is 0 Å². The van der Waals surface area contributed by atoms with Crippen molar-refractivity contribution in [2.24, 2.45) is 0 Å². The average molecular weight is 246 g/mol. The largest absolute Gasteiger partial charge is 0.445 e. The van der Waals surface area contributed by atoms with E-state index >= 15 is 0 Å². The molecule has 3 rings (SSSR count). The van der Waals surface area contributed by atoms with Gasteiger partial charge in [0, 0.05) is 18.6 Å². The molecule has 2 heterocycles. The van der Waals surface area contributed by atoms with E-state index in [0.717, 1.165) is 31.5 Å². The normalized spacial score (nSPS) is 26.1. The monoisotopic (exact) mass is 246 g/mol. The quantitative estimate of drug-likeness (QED) is 0.864. The van der Waals surface area contributed by atoms with E-state index in [9.17, 15) is 4.79 Å². The van der Waals surface area contributed by atoms with Gasteiger partial charge >= 0.3 is 6.09 Å². The number of carbonyl (C=O) groups excluding carboxylic acids is 1. The number of rotatable bonds is 2. The van der Waals surface area contributed by atoms with Gasteiger partial charge in [-0.05, 0) is 24.9 Å². The Hall–Kier alpha value is -1.55. The lowest BCUT2D eigenvalue weighted by atomic mass is 10.1. The number of carbonyl (C=O) groups is 1. The number of hydrogen-bond acceptors (Lipinski definition) is 3. The molecule has 2 saturated heterocycles. The number of benzene rings is 1. The first-order chi connectivity index (χ1) is 8.83. The summed E-state index contributed by atoms with van der Waals surface area (Å²) in [5.74, 6) is 0. The summed E-state index contributed by atoms with van der Waals surface area (Å²) in [5, 5.41) is 3.42. The molecule has 1 amide bonds. The van der Waals surface area contributed by atoms with Gasteiger partial charge < -0.3 is 15.0 Å². The van der Waals surface area contributed by atoms with Crippen molar-refractivity contribution in [2.45, 2.75) is 31.5 Å². The van der Waals surface area contributed by atoms with Crippen molar-refractivity contribution in [3.63, 3.8) is 0 Å². The minimum atomic E-state index is -0.171. The smallest absolute Gasteiger partial charge is 0.410 e. The summed E-state index contributed by atoms with van der Waals surface area (Å²) < 4.78 is 5.38. The second-order valence-electron chi connectivity index (χ2n) is 5.02. The van der Waals surface area contributed by atoms with Gasteiger partial charge in [-0.3, -0.25) is 0 Å². The SMILES string of the molecule is O=C(OCc1ccccc1)N1C[C@H]2C[C@H]1CCN2. The first kappa shape index (κ1) is 11.5. The summed E-state index contributed by atoms with van der Waals surface area (Å²) in [6, 6.07) is 10.6. The Morgan fingerprint density at radius 2 is 2.22 bits per heavy atom. The summed E-state index contributed by atoms with van der Waals surface area (Å²) >= 11 is 0. The lowest BCUT2D eigenvalue weighted by Crippen LogP contribution is -2.36. The number of likely N-dealkylation sites (tertiary alicyclic amines) is 1. The van der Waals surface area contributed by atoms with Crippen LogP contribution in [0.15, 0.2) is 30.3 Å². The highest BCUT2D eigenvalue weighted by atomic mass is 16.6. The van der Waals surface area contributed by atoms with Crippen LogP contribution in [0.5, 0.6) is 0 Å². The lowest BCUT2D eigenvalue weighted by Gasteiger charge is -2.23. The average Bonchev–Trinajstić information content (AvgIpc) is 2.72. The van der Waals surface area contributed by atoms with Crippen molar-refractivity contribution in [2.75, 3.05) is 13.1 Å². The van der Waals surface area contributed by atoms with E-state index in [-0.39, 0.29) is 6.09 Å². The Morgan fingerprint density at radius 1 is 1.39 bits per heavy atom. The van der Waals surface area contributed by atoms with E-state index in [2.05, 4.69) is 5.32 Å². The molecule has 4 nitrogen and oxygen atoms in total. The molecule has 0 radical (unpaired) electrons. The van der Waals surface area contributed by atoms with Crippen LogP contribution in [0.4, 0.5) is 4.79 Å². The number of piperidine rings is 1. The topological polar surface area (TPSA) is 41.6 Å². The van der Waals surface area contributed by atoms with Crippen molar-refractivity contribution < 1.29 is 9.53 Å². The van der Waals surface area contributed by atoms with E-state index in [1.165, 1.54) is 0 Å². The Labute approximate surface area is 107 Å². The van der Waals surface area contributed by atoms with Crippen LogP contribution in [0.2, 0.25) is 0 Å². The highest BCUT2D eigenvalue weighted by Crippen LogP contribution is 2.25. The summed E-state index contributed by atoms with van der Waals surface area (Å²) in [7, 11) is 0. The maximum Gasteiger partial charge on any atom is 0.410 e. The molecule has 1 aromatic rings. The van der Waals surface area contributed by atoms with Gasteiger partial charge in [0.25, 0.3) is 0 Å². The van der Waals surface area contributed by atoms with Gasteiger partial charge in [-0.1, -0.05) is 30.3 Å². The molecule has 2 atom stereocenters. The highest BCUT2D eigenvalue weighted by molar-refractivity contribution is 5.68. The minimum Gasteiger partial charge on any atom is -0.445 e. The highest BCUT2D eigenvalue weighted by Gasteiger charge is 2.38. The number of fused-ring (bicyclic) bond motifs is 2. The molecule has 0 aliphatic carbocycles. The maximum atomic E-state index is 12.0. The molecule has 18 heavy (non-hydrogen) atoms. The molecule has 0 saturated carbocycles. The zero-order valence-electron chi connectivity index (χ0n) is 10.3. The fourth-order valence-electron chi connectivity index (χ4n) is 2.82. The van der Waals surface area contributed by atoms with Crippen molar-refractivity contribution in [3.05, 3.63) is 35.9 Å². The minimum absolute atomic E-state index is 0.171. The first-order valence-electron chi connectivity index (χ1n) is 6.53.